The standard InChI is InChI=1S/C18H28FN3OS/c1-3-23-16-8-11-22(12-9-16)18(20-2)21-10-13-24-14-15-6-4-5-7-17(15)19/h4-7,16H,3,8-14H2,1-2H3,(H,20,21). The van der Waals surface area contributed by atoms with E-state index in [1.54, 1.807) is 17.8 Å². The van der Waals surface area contributed by atoms with Crippen LogP contribution in [-0.4, -0.2) is 56.0 Å². The lowest BCUT2D eigenvalue weighted by Crippen LogP contribution is -2.47. The van der Waals surface area contributed by atoms with E-state index in [0.717, 1.165) is 56.4 Å². The van der Waals surface area contributed by atoms with Crippen LogP contribution in [0.15, 0.2) is 29.3 Å². The Morgan fingerprint density at radius 1 is 1.38 bits per heavy atom. The van der Waals surface area contributed by atoms with E-state index in [4.69, 9.17) is 4.74 Å². The molecule has 2 rings (SSSR count). The molecule has 1 aromatic rings. The summed E-state index contributed by atoms with van der Waals surface area (Å²) in [7, 11) is 1.82. The number of aliphatic imine (C=N–C) groups is 1. The summed E-state index contributed by atoms with van der Waals surface area (Å²) in [4.78, 5) is 6.66. The Hall–Kier alpha value is -1.27. The fourth-order valence-corrected chi connectivity index (χ4v) is 3.68. The number of likely N-dealkylation sites (tertiary alicyclic amines) is 1. The Bertz CT molecular complexity index is 519. The number of nitrogens with zero attached hydrogens (tertiary/aromatic N) is 2. The Labute approximate surface area is 148 Å². The maximum absolute atomic E-state index is 13.5. The van der Waals surface area contributed by atoms with Crippen LogP contribution in [0.2, 0.25) is 0 Å². The summed E-state index contributed by atoms with van der Waals surface area (Å²) < 4.78 is 19.2. The van der Waals surface area contributed by atoms with Gasteiger partial charge >= 0.3 is 0 Å². The van der Waals surface area contributed by atoms with Gasteiger partial charge in [0.25, 0.3) is 0 Å². The number of ether oxygens (including phenoxy) is 1. The van der Waals surface area contributed by atoms with Crippen molar-refractivity contribution in [3.05, 3.63) is 35.6 Å². The SMILES string of the molecule is CCOC1CCN(C(=NC)NCCSCc2ccccc2F)CC1. The first-order valence-corrected chi connectivity index (χ1v) is 9.78. The molecule has 0 unspecified atom stereocenters. The number of nitrogens with one attached hydrogen (secondary N) is 1. The maximum Gasteiger partial charge on any atom is 0.193 e. The molecule has 1 heterocycles. The molecule has 0 bridgehead atoms. The third kappa shape index (κ3) is 5.98. The molecule has 0 aromatic heterocycles. The normalized spacial score (nSPS) is 16.5. The average molecular weight is 354 g/mol. The van der Waals surface area contributed by atoms with Crippen LogP contribution in [0.25, 0.3) is 0 Å². The predicted octanol–water partition coefficient (Wildman–Crippen LogP) is 3.14. The zero-order chi connectivity index (χ0) is 17.2. The van der Waals surface area contributed by atoms with Gasteiger partial charge in [0.05, 0.1) is 6.10 Å². The topological polar surface area (TPSA) is 36.9 Å². The Morgan fingerprint density at radius 3 is 2.79 bits per heavy atom. The van der Waals surface area contributed by atoms with Gasteiger partial charge in [-0.2, -0.15) is 11.8 Å². The van der Waals surface area contributed by atoms with Crippen molar-refractivity contribution in [3.8, 4) is 0 Å². The van der Waals surface area contributed by atoms with Crippen LogP contribution in [0.5, 0.6) is 0 Å². The molecule has 0 atom stereocenters. The number of rotatable bonds is 7. The first kappa shape index (κ1) is 19.1. The molecule has 0 amide bonds. The highest BCUT2D eigenvalue weighted by Gasteiger charge is 2.21. The zero-order valence-electron chi connectivity index (χ0n) is 14.6. The van der Waals surface area contributed by atoms with Gasteiger partial charge in [0.1, 0.15) is 5.82 Å². The number of hydrogen-bond acceptors (Lipinski definition) is 3. The minimum absolute atomic E-state index is 0.120. The lowest BCUT2D eigenvalue weighted by Gasteiger charge is -2.34. The highest BCUT2D eigenvalue weighted by molar-refractivity contribution is 7.98. The molecule has 1 aliphatic heterocycles. The first-order valence-electron chi connectivity index (χ1n) is 8.63. The molecule has 0 saturated carbocycles. The molecular formula is C18H28FN3OS. The van der Waals surface area contributed by atoms with Crippen molar-refractivity contribution in [1.82, 2.24) is 10.2 Å². The fraction of sp³-hybridized carbons (Fsp3) is 0.611. The van der Waals surface area contributed by atoms with Crippen LogP contribution in [0.3, 0.4) is 0 Å². The van der Waals surface area contributed by atoms with E-state index in [0.29, 0.717) is 11.9 Å². The van der Waals surface area contributed by atoms with Gasteiger partial charge in [-0.15, -0.1) is 0 Å². The van der Waals surface area contributed by atoms with Crippen LogP contribution < -0.4 is 5.32 Å². The minimum Gasteiger partial charge on any atom is -0.378 e. The molecule has 1 N–H and O–H groups in total. The fourth-order valence-electron chi connectivity index (χ4n) is 2.83. The number of hydrogen-bond donors (Lipinski definition) is 1. The molecule has 1 fully saturated rings. The van der Waals surface area contributed by atoms with E-state index in [-0.39, 0.29) is 5.82 Å². The third-order valence-electron chi connectivity index (χ3n) is 4.10. The lowest BCUT2D eigenvalue weighted by molar-refractivity contribution is 0.0264. The highest BCUT2D eigenvalue weighted by atomic mass is 32.2. The summed E-state index contributed by atoms with van der Waals surface area (Å²) >= 11 is 1.73. The summed E-state index contributed by atoms with van der Waals surface area (Å²) in [6, 6.07) is 6.97. The molecule has 1 saturated heterocycles. The Kier molecular flexibility index (Phi) is 8.39. The van der Waals surface area contributed by atoms with E-state index in [9.17, 15) is 4.39 Å². The second-order valence-electron chi connectivity index (χ2n) is 5.76. The molecule has 1 aromatic carbocycles. The molecule has 0 aliphatic carbocycles. The average Bonchev–Trinajstić information content (AvgIpc) is 2.61. The Morgan fingerprint density at radius 2 is 2.12 bits per heavy atom. The molecule has 4 nitrogen and oxygen atoms in total. The molecule has 0 radical (unpaired) electrons. The zero-order valence-corrected chi connectivity index (χ0v) is 15.4. The van der Waals surface area contributed by atoms with Crippen LogP contribution in [0.4, 0.5) is 4.39 Å². The Balaban J connectivity index is 1.65. The second-order valence-corrected chi connectivity index (χ2v) is 6.86. The van der Waals surface area contributed by atoms with Crippen molar-refractivity contribution < 1.29 is 9.13 Å². The molecule has 134 valence electrons. The van der Waals surface area contributed by atoms with Crippen molar-refractivity contribution in [3.63, 3.8) is 0 Å². The maximum atomic E-state index is 13.5. The second kappa shape index (κ2) is 10.6. The molecule has 0 spiro atoms. The van der Waals surface area contributed by atoms with E-state index < -0.39 is 0 Å². The number of guanidine groups is 1. The summed E-state index contributed by atoms with van der Waals surface area (Å²) in [5.74, 6) is 2.46. The van der Waals surface area contributed by atoms with Gasteiger partial charge < -0.3 is 15.0 Å². The summed E-state index contributed by atoms with van der Waals surface area (Å²) in [6.07, 6.45) is 2.49. The van der Waals surface area contributed by atoms with Gasteiger partial charge in [-0.1, -0.05) is 18.2 Å². The monoisotopic (exact) mass is 353 g/mol. The number of halogens is 1. The van der Waals surface area contributed by atoms with Crippen molar-refractivity contribution in [2.24, 2.45) is 4.99 Å². The van der Waals surface area contributed by atoms with Gasteiger partial charge in [0.2, 0.25) is 0 Å². The van der Waals surface area contributed by atoms with Crippen LogP contribution >= 0.6 is 11.8 Å². The first-order chi connectivity index (χ1) is 11.7. The van der Waals surface area contributed by atoms with Crippen LogP contribution in [0.1, 0.15) is 25.3 Å². The quantitative estimate of drug-likeness (QED) is 0.464. The van der Waals surface area contributed by atoms with Gasteiger partial charge in [-0.25, -0.2) is 4.39 Å². The third-order valence-corrected chi connectivity index (χ3v) is 5.11. The van der Waals surface area contributed by atoms with Crippen LogP contribution in [0, 0.1) is 5.82 Å². The molecule has 1 aliphatic rings. The van der Waals surface area contributed by atoms with Crippen molar-refractivity contribution in [2.45, 2.75) is 31.6 Å². The van der Waals surface area contributed by atoms with Crippen molar-refractivity contribution in [2.75, 3.05) is 39.0 Å². The van der Waals surface area contributed by atoms with E-state index in [2.05, 4.69) is 15.2 Å². The van der Waals surface area contributed by atoms with Gasteiger partial charge in [-0.05, 0) is 31.4 Å². The van der Waals surface area contributed by atoms with E-state index in [1.807, 2.05) is 26.1 Å². The molecule has 24 heavy (non-hydrogen) atoms. The minimum atomic E-state index is -0.120. The molecular weight excluding hydrogens is 325 g/mol. The van der Waals surface area contributed by atoms with Gasteiger partial charge in [-0.3, -0.25) is 4.99 Å². The van der Waals surface area contributed by atoms with Crippen molar-refractivity contribution >= 4 is 17.7 Å². The highest BCUT2D eigenvalue weighted by Crippen LogP contribution is 2.15. The summed E-state index contributed by atoms with van der Waals surface area (Å²) in [5, 5.41) is 3.41. The van der Waals surface area contributed by atoms with E-state index in [1.165, 1.54) is 6.07 Å². The van der Waals surface area contributed by atoms with Gasteiger partial charge in [0, 0.05) is 44.8 Å². The van der Waals surface area contributed by atoms with Crippen LogP contribution in [-0.2, 0) is 10.5 Å². The van der Waals surface area contributed by atoms with Crippen molar-refractivity contribution in [1.29, 1.82) is 0 Å². The predicted molar refractivity (Wildman–Crippen MR) is 100 cm³/mol. The largest absolute Gasteiger partial charge is 0.378 e. The summed E-state index contributed by atoms with van der Waals surface area (Å²) in [5.41, 5.74) is 0.768. The van der Waals surface area contributed by atoms with E-state index >= 15 is 0 Å². The smallest absolute Gasteiger partial charge is 0.193 e. The summed E-state index contributed by atoms with van der Waals surface area (Å²) in [6.45, 7) is 5.62. The molecule has 6 heteroatoms. The number of piperidine rings is 1. The number of thioether (sulfide) groups is 1. The van der Waals surface area contributed by atoms with Gasteiger partial charge in [0.15, 0.2) is 5.96 Å². The number of benzene rings is 1. The lowest BCUT2D eigenvalue weighted by atomic mass is 10.1.